The largest absolute Gasteiger partial charge is 0.419 e. The zero-order valence-corrected chi connectivity index (χ0v) is 15.1. The van der Waals surface area contributed by atoms with Crippen LogP contribution in [0.5, 0.6) is 0 Å². The van der Waals surface area contributed by atoms with Crippen molar-refractivity contribution in [3.05, 3.63) is 53.1 Å². The van der Waals surface area contributed by atoms with Crippen molar-refractivity contribution >= 4 is 11.9 Å². The Morgan fingerprint density at radius 3 is 2.41 bits per heavy atom. The van der Waals surface area contributed by atoms with Gasteiger partial charge in [0.25, 0.3) is 5.91 Å². The maximum atomic E-state index is 14.1. The molecule has 5 nitrogen and oxygen atoms in total. The van der Waals surface area contributed by atoms with Gasteiger partial charge in [-0.1, -0.05) is 12.1 Å². The lowest BCUT2D eigenvalue weighted by molar-refractivity contribution is -0.138. The molecular formula is C18H20F4N4O. The number of nitrogens with zero attached hydrogens (tertiary/aromatic N) is 3. The molecule has 0 bridgehead atoms. The highest BCUT2D eigenvalue weighted by molar-refractivity contribution is 5.96. The van der Waals surface area contributed by atoms with Crippen molar-refractivity contribution in [1.29, 1.82) is 0 Å². The zero-order valence-electron chi connectivity index (χ0n) is 15.1. The third-order valence-electron chi connectivity index (χ3n) is 4.10. The fraction of sp³-hybridized carbons (Fsp3) is 0.389. The Labute approximate surface area is 154 Å². The van der Waals surface area contributed by atoms with Gasteiger partial charge in [-0.05, 0) is 32.4 Å². The standard InChI is InChI=1S/C18H20F4N4O/c1-4-26(16(27)15-11(2)6-5-7-14(15)19)12(3)8-23-17-24-9-13(10-25-17)18(20,21)22/h5-7,9-10,12H,4,8H2,1-3H3,(H,23,24,25)/t12-/m0/s1. The zero-order chi connectivity index (χ0) is 20.2. The lowest BCUT2D eigenvalue weighted by Crippen LogP contribution is -2.43. The van der Waals surface area contributed by atoms with Gasteiger partial charge in [-0.3, -0.25) is 4.79 Å². The van der Waals surface area contributed by atoms with Gasteiger partial charge in [0.05, 0.1) is 11.1 Å². The summed E-state index contributed by atoms with van der Waals surface area (Å²) in [4.78, 5) is 21.5. The summed E-state index contributed by atoms with van der Waals surface area (Å²) in [5.74, 6) is -1.03. The summed E-state index contributed by atoms with van der Waals surface area (Å²) >= 11 is 0. The van der Waals surface area contributed by atoms with Gasteiger partial charge in [0.2, 0.25) is 5.95 Å². The van der Waals surface area contributed by atoms with Crippen molar-refractivity contribution in [3.63, 3.8) is 0 Å². The normalized spacial score (nSPS) is 12.6. The van der Waals surface area contributed by atoms with Gasteiger partial charge < -0.3 is 10.2 Å². The highest BCUT2D eigenvalue weighted by atomic mass is 19.4. The molecule has 0 aliphatic carbocycles. The number of carbonyl (C=O) groups excluding carboxylic acids is 1. The number of hydrogen-bond acceptors (Lipinski definition) is 4. The summed E-state index contributed by atoms with van der Waals surface area (Å²) < 4.78 is 51.6. The SMILES string of the molecule is CCN(C(=O)c1c(C)cccc1F)[C@@H](C)CNc1ncc(C(F)(F)F)cn1. The molecule has 0 fully saturated rings. The summed E-state index contributed by atoms with van der Waals surface area (Å²) in [6.45, 7) is 5.69. The van der Waals surface area contributed by atoms with E-state index in [1.807, 2.05) is 0 Å². The summed E-state index contributed by atoms with van der Waals surface area (Å²) in [5.41, 5.74) is -0.400. The number of rotatable bonds is 6. The quantitative estimate of drug-likeness (QED) is 0.768. The molecule has 2 rings (SSSR count). The van der Waals surface area contributed by atoms with E-state index in [2.05, 4.69) is 15.3 Å². The molecule has 1 atom stereocenters. The minimum absolute atomic E-state index is 0.0111. The number of nitrogens with one attached hydrogen (secondary N) is 1. The molecule has 1 amide bonds. The number of anilines is 1. The van der Waals surface area contributed by atoms with Crippen LogP contribution < -0.4 is 5.32 Å². The van der Waals surface area contributed by atoms with Crippen LogP contribution in [0.25, 0.3) is 0 Å². The number of benzene rings is 1. The van der Waals surface area contributed by atoms with Crippen molar-refractivity contribution in [3.8, 4) is 0 Å². The average Bonchev–Trinajstić information content (AvgIpc) is 2.60. The van der Waals surface area contributed by atoms with Crippen LogP contribution in [0.15, 0.2) is 30.6 Å². The summed E-state index contributed by atoms with van der Waals surface area (Å²) in [5, 5.41) is 2.80. The van der Waals surface area contributed by atoms with E-state index < -0.39 is 23.5 Å². The number of likely N-dealkylation sites (N-methyl/N-ethyl adjacent to an activating group) is 1. The average molecular weight is 384 g/mol. The molecule has 0 spiro atoms. The number of aryl methyl sites for hydroxylation is 1. The van der Waals surface area contributed by atoms with Gasteiger partial charge >= 0.3 is 6.18 Å². The first-order valence-corrected chi connectivity index (χ1v) is 8.34. The second-order valence-corrected chi connectivity index (χ2v) is 6.05. The van der Waals surface area contributed by atoms with E-state index in [1.165, 1.54) is 17.0 Å². The summed E-state index contributed by atoms with van der Waals surface area (Å²) in [6.07, 6.45) is -3.13. The Morgan fingerprint density at radius 1 is 1.26 bits per heavy atom. The molecule has 1 aromatic heterocycles. The van der Waals surface area contributed by atoms with Gasteiger partial charge in [-0.2, -0.15) is 13.2 Å². The van der Waals surface area contributed by atoms with Crippen LogP contribution in [0.1, 0.15) is 35.3 Å². The lowest BCUT2D eigenvalue weighted by Gasteiger charge is -2.29. The molecule has 0 radical (unpaired) electrons. The molecule has 1 N–H and O–H groups in total. The number of amides is 1. The van der Waals surface area contributed by atoms with Crippen molar-refractivity contribution in [1.82, 2.24) is 14.9 Å². The van der Waals surface area contributed by atoms with E-state index in [0.717, 1.165) is 0 Å². The van der Waals surface area contributed by atoms with E-state index >= 15 is 0 Å². The predicted molar refractivity (Wildman–Crippen MR) is 92.8 cm³/mol. The van der Waals surface area contributed by atoms with Crippen molar-refractivity contribution in [2.24, 2.45) is 0 Å². The number of halogens is 4. The molecule has 0 saturated heterocycles. The maximum Gasteiger partial charge on any atom is 0.419 e. The van der Waals surface area contributed by atoms with Crippen LogP contribution in [0, 0.1) is 12.7 Å². The molecule has 1 aromatic carbocycles. The van der Waals surface area contributed by atoms with Gasteiger partial charge in [0.1, 0.15) is 5.82 Å². The monoisotopic (exact) mass is 384 g/mol. The van der Waals surface area contributed by atoms with E-state index in [9.17, 15) is 22.4 Å². The molecule has 9 heteroatoms. The van der Waals surface area contributed by atoms with Gasteiger partial charge in [0.15, 0.2) is 0 Å². The topological polar surface area (TPSA) is 58.1 Å². The Bertz CT molecular complexity index is 773. The number of hydrogen-bond donors (Lipinski definition) is 1. The molecule has 0 unspecified atom stereocenters. The van der Waals surface area contributed by atoms with E-state index in [0.29, 0.717) is 24.5 Å². The molecule has 1 heterocycles. The third-order valence-corrected chi connectivity index (χ3v) is 4.10. The van der Waals surface area contributed by atoms with Crippen LogP contribution in [-0.4, -0.2) is 39.9 Å². The van der Waals surface area contributed by atoms with Gasteiger partial charge in [-0.25, -0.2) is 14.4 Å². The second kappa shape index (κ2) is 8.32. The van der Waals surface area contributed by atoms with Crippen LogP contribution in [-0.2, 0) is 6.18 Å². The van der Waals surface area contributed by atoms with Crippen molar-refractivity contribution in [2.45, 2.75) is 33.0 Å². The predicted octanol–water partition coefficient (Wildman–Crippen LogP) is 3.91. The Kier molecular flexibility index (Phi) is 6.35. The maximum absolute atomic E-state index is 14.1. The van der Waals surface area contributed by atoms with Gasteiger partial charge in [-0.15, -0.1) is 0 Å². The highest BCUT2D eigenvalue weighted by Gasteiger charge is 2.31. The smallest absolute Gasteiger partial charge is 0.352 e. The van der Waals surface area contributed by atoms with E-state index in [-0.39, 0.29) is 24.1 Å². The molecule has 146 valence electrons. The summed E-state index contributed by atoms with van der Waals surface area (Å²) in [7, 11) is 0. The fourth-order valence-electron chi connectivity index (χ4n) is 2.62. The van der Waals surface area contributed by atoms with Crippen LogP contribution >= 0.6 is 0 Å². The first kappa shape index (κ1) is 20.6. The molecule has 2 aromatic rings. The summed E-state index contributed by atoms with van der Waals surface area (Å²) in [6, 6.07) is 4.05. The van der Waals surface area contributed by atoms with Gasteiger partial charge in [0, 0.05) is 31.5 Å². The van der Waals surface area contributed by atoms with E-state index in [4.69, 9.17) is 0 Å². The minimum Gasteiger partial charge on any atom is -0.352 e. The lowest BCUT2D eigenvalue weighted by atomic mass is 10.1. The Hall–Kier alpha value is -2.71. The highest BCUT2D eigenvalue weighted by Crippen LogP contribution is 2.28. The Morgan fingerprint density at radius 2 is 1.89 bits per heavy atom. The number of carbonyl (C=O) groups is 1. The van der Waals surface area contributed by atoms with Crippen LogP contribution in [0.3, 0.4) is 0 Å². The number of aromatic nitrogens is 2. The molecule has 27 heavy (non-hydrogen) atoms. The first-order chi connectivity index (χ1) is 12.6. The minimum atomic E-state index is -4.51. The first-order valence-electron chi connectivity index (χ1n) is 8.34. The molecule has 0 saturated carbocycles. The van der Waals surface area contributed by atoms with Crippen LogP contribution in [0.2, 0.25) is 0 Å². The third kappa shape index (κ3) is 4.93. The van der Waals surface area contributed by atoms with Crippen molar-refractivity contribution < 1.29 is 22.4 Å². The molecule has 0 aliphatic rings. The molecule has 0 aliphatic heterocycles. The number of alkyl halides is 3. The van der Waals surface area contributed by atoms with Crippen LogP contribution in [0.4, 0.5) is 23.5 Å². The second-order valence-electron chi connectivity index (χ2n) is 6.05. The fourth-order valence-corrected chi connectivity index (χ4v) is 2.62. The Balaban J connectivity index is 2.07. The van der Waals surface area contributed by atoms with Crippen molar-refractivity contribution in [2.75, 3.05) is 18.4 Å². The molecular weight excluding hydrogens is 364 g/mol. The van der Waals surface area contributed by atoms with E-state index in [1.54, 1.807) is 26.8 Å².